The highest BCUT2D eigenvalue weighted by atomic mass is 16.5. The standard InChI is InChI=1S/C35H46N2O7/c1-10-37(11-2)17-16-25(22-12-14-24(15-13-22)36(3)4)32-27(39-5)21-28(40-6)33-26(20-31(38)44-35(32)33)23-18-29(41-7)34(43-9)30(19-23)42-8/h12-15,18-19,21,25-26H,10-11,16-17,20H2,1-9H3/t25-,26-/m1/s1. The van der Waals surface area contributed by atoms with E-state index in [1.165, 1.54) is 0 Å². The summed E-state index contributed by atoms with van der Waals surface area (Å²) in [7, 11) is 12.0. The minimum absolute atomic E-state index is 0.118. The Morgan fingerprint density at radius 1 is 0.818 bits per heavy atom. The minimum Gasteiger partial charge on any atom is -0.496 e. The Morgan fingerprint density at radius 3 is 1.91 bits per heavy atom. The zero-order valence-corrected chi connectivity index (χ0v) is 27.5. The number of rotatable bonds is 14. The summed E-state index contributed by atoms with van der Waals surface area (Å²) in [4.78, 5) is 17.9. The third-order valence-corrected chi connectivity index (χ3v) is 8.54. The molecule has 0 aliphatic carbocycles. The van der Waals surface area contributed by atoms with Crippen LogP contribution in [0, 0.1) is 0 Å². The Morgan fingerprint density at radius 2 is 1.41 bits per heavy atom. The molecule has 44 heavy (non-hydrogen) atoms. The summed E-state index contributed by atoms with van der Waals surface area (Å²) >= 11 is 0. The minimum atomic E-state index is -0.390. The molecule has 0 unspecified atom stereocenters. The summed E-state index contributed by atoms with van der Waals surface area (Å²) < 4.78 is 35.0. The fourth-order valence-electron chi connectivity index (χ4n) is 6.10. The lowest BCUT2D eigenvalue weighted by Gasteiger charge is -2.33. The molecule has 1 heterocycles. The molecule has 0 saturated heterocycles. The number of benzene rings is 3. The lowest BCUT2D eigenvalue weighted by molar-refractivity contribution is -0.135. The van der Waals surface area contributed by atoms with Crippen molar-refractivity contribution in [2.24, 2.45) is 0 Å². The first kappa shape index (κ1) is 32.8. The first-order valence-electron chi connectivity index (χ1n) is 15.0. The fraction of sp³-hybridized carbons (Fsp3) is 0.457. The topological polar surface area (TPSA) is 78.9 Å². The van der Waals surface area contributed by atoms with Crippen LogP contribution in [0.3, 0.4) is 0 Å². The van der Waals surface area contributed by atoms with Crippen LogP contribution in [0.2, 0.25) is 0 Å². The van der Waals surface area contributed by atoms with Crippen molar-refractivity contribution in [1.82, 2.24) is 4.90 Å². The van der Waals surface area contributed by atoms with Crippen LogP contribution < -0.4 is 33.3 Å². The highest BCUT2D eigenvalue weighted by Crippen LogP contribution is 2.54. The monoisotopic (exact) mass is 606 g/mol. The van der Waals surface area contributed by atoms with Gasteiger partial charge in [-0.15, -0.1) is 0 Å². The third kappa shape index (κ3) is 6.53. The van der Waals surface area contributed by atoms with Crippen molar-refractivity contribution in [1.29, 1.82) is 0 Å². The van der Waals surface area contributed by atoms with Gasteiger partial charge in [0.25, 0.3) is 0 Å². The van der Waals surface area contributed by atoms with Crippen LogP contribution in [0.25, 0.3) is 0 Å². The van der Waals surface area contributed by atoms with E-state index in [0.717, 1.165) is 54.0 Å². The zero-order valence-electron chi connectivity index (χ0n) is 27.5. The van der Waals surface area contributed by atoms with Crippen molar-refractivity contribution < 1.29 is 33.2 Å². The molecule has 0 saturated carbocycles. The van der Waals surface area contributed by atoms with E-state index < -0.39 is 0 Å². The van der Waals surface area contributed by atoms with Crippen molar-refractivity contribution in [3.63, 3.8) is 0 Å². The van der Waals surface area contributed by atoms with Gasteiger partial charge in [0.1, 0.15) is 17.2 Å². The van der Waals surface area contributed by atoms with E-state index in [4.69, 9.17) is 28.4 Å². The lowest BCUT2D eigenvalue weighted by Crippen LogP contribution is -2.27. The predicted molar refractivity (Wildman–Crippen MR) is 173 cm³/mol. The first-order chi connectivity index (χ1) is 21.2. The van der Waals surface area contributed by atoms with Crippen LogP contribution in [0.4, 0.5) is 5.69 Å². The molecule has 3 aromatic rings. The van der Waals surface area contributed by atoms with Crippen molar-refractivity contribution >= 4 is 11.7 Å². The van der Waals surface area contributed by atoms with Gasteiger partial charge in [0.05, 0.1) is 42.0 Å². The molecule has 238 valence electrons. The van der Waals surface area contributed by atoms with Crippen molar-refractivity contribution in [3.8, 4) is 34.5 Å². The van der Waals surface area contributed by atoms with Crippen molar-refractivity contribution in [3.05, 3.63) is 64.7 Å². The molecular formula is C35H46N2O7. The summed E-state index contributed by atoms with van der Waals surface area (Å²) in [6, 6.07) is 14.2. The highest BCUT2D eigenvalue weighted by Gasteiger charge is 2.38. The van der Waals surface area contributed by atoms with Crippen molar-refractivity contribution in [2.75, 3.05) is 74.2 Å². The number of hydrogen-bond donors (Lipinski definition) is 0. The maximum absolute atomic E-state index is 13.4. The number of esters is 1. The molecule has 0 fully saturated rings. The molecule has 1 aliphatic rings. The van der Waals surface area contributed by atoms with Gasteiger partial charge in [-0.2, -0.15) is 0 Å². The average molecular weight is 607 g/mol. The lowest BCUT2D eigenvalue weighted by atomic mass is 9.79. The molecule has 3 aromatic carbocycles. The van der Waals surface area contributed by atoms with Crippen LogP contribution in [-0.4, -0.2) is 80.1 Å². The second-order valence-electron chi connectivity index (χ2n) is 11.0. The molecule has 0 radical (unpaired) electrons. The Bertz CT molecular complexity index is 1410. The zero-order chi connectivity index (χ0) is 32.0. The maximum Gasteiger partial charge on any atom is 0.312 e. The summed E-state index contributed by atoms with van der Waals surface area (Å²) in [5.41, 5.74) is 4.66. The SMILES string of the molecule is CCN(CC)CC[C@H](c1ccc(N(C)C)cc1)c1c(OC)cc(OC)c2c1OC(=O)C[C@@H]2c1cc(OC)c(OC)c(OC)c1. The fourth-order valence-corrected chi connectivity index (χ4v) is 6.10. The number of hydrogen-bond acceptors (Lipinski definition) is 9. The third-order valence-electron chi connectivity index (χ3n) is 8.54. The molecule has 2 atom stereocenters. The molecule has 0 N–H and O–H groups in total. The largest absolute Gasteiger partial charge is 0.496 e. The molecular weight excluding hydrogens is 560 g/mol. The summed E-state index contributed by atoms with van der Waals surface area (Å²) in [5.74, 6) is 2.33. The van der Waals surface area contributed by atoms with Gasteiger partial charge in [0.15, 0.2) is 11.5 Å². The van der Waals surface area contributed by atoms with Gasteiger partial charge in [-0.25, -0.2) is 0 Å². The highest BCUT2D eigenvalue weighted by molar-refractivity contribution is 5.81. The molecule has 1 aliphatic heterocycles. The number of carbonyl (C=O) groups is 1. The number of carbonyl (C=O) groups excluding carboxylic acids is 1. The van der Waals surface area contributed by atoms with Gasteiger partial charge < -0.3 is 38.2 Å². The quantitative estimate of drug-likeness (QED) is 0.160. The van der Waals surface area contributed by atoms with Gasteiger partial charge in [0.2, 0.25) is 5.75 Å². The van der Waals surface area contributed by atoms with Gasteiger partial charge in [-0.05, 0) is 61.4 Å². The molecule has 0 bridgehead atoms. The van der Waals surface area contributed by atoms with E-state index >= 15 is 0 Å². The van der Waals surface area contributed by atoms with Crippen molar-refractivity contribution in [2.45, 2.75) is 38.5 Å². The van der Waals surface area contributed by atoms with Crippen LogP contribution in [0.5, 0.6) is 34.5 Å². The average Bonchev–Trinajstić information content (AvgIpc) is 3.05. The van der Waals surface area contributed by atoms with Crippen LogP contribution in [0.15, 0.2) is 42.5 Å². The van der Waals surface area contributed by atoms with E-state index in [1.807, 2.05) is 32.3 Å². The Balaban J connectivity index is 1.98. The number of nitrogens with zero attached hydrogens (tertiary/aromatic N) is 2. The van der Waals surface area contributed by atoms with E-state index in [0.29, 0.717) is 34.5 Å². The van der Waals surface area contributed by atoms with Gasteiger partial charge in [-0.1, -0.05) is 26.0 Å². The summed E-state index contributed by atoms with van der Waals surface area (Å²) in [5, 5.41) is 0. The Kier molecular flexibility index (Phi) is 10.9. The summed E-state index contributed by atoms with van der Waals surface area (Å²) in [6.45, 7) is 7.09. The van der Waals surface area contributed by atoms with Crippen LogP contribution >= 0.6 is 0 Å². The summed E-state index contributed by atoms with van der Waals surface area (Å²) in [6.07, 6.45) is 0.917. The first-order valence-corrected chi connectivity index (χ1v) is 15.0. The predicted octanol–water partition coefficient (Wildman–Crippen LogP) is 6.10. The smallest absolute Gasteiger partial charge is 0.312 e. The molecule has 0 amide bonds. The number of ether oxygens (including phenoxy) is 6. The van der Waals surface area contributed by atoms with Gasteiger partial charge in [-0.3, -0.25) is 4.79 Å². The molecule has 9 nitrogen and oxygen atoms in total. The maximum atomic E-state index is 13.4. The van der Waals surface area contributed by atoms with E-state index in [-0.39, 0.29) is 24.2 Å². The van der Waals surface area contributed by atoms with Gasteiger partial charge in [0, 0.05) is 48.8 Å². The van der Waals surface area contributed by atoms with Crippen LogP contribution in [-0.2, 0) is 4.79 Å². The van der Waals surface area contributed by atoms with E-state index in [2.05, 4.69) is 47.9 Å². The molecule has 0 spiro atoms. The van der Waals surface area contributed by atoms with Crippen LogP contribution in [0.1, 0.15) is 60.8 Å². The molecule has 4 rings (SSSR count). The van der Waals surface area contributed by atoms with Gasteiger partial charge >= 0.3 is 5.97 Å². The second kappa shape index (κ2) is 14.6. The molecule has 0 aromatic heterocycles. The van der Waals surface area contributed by atoms with E-state index in [9.17, 15) is 4.79 Å². The molecule has 9 heteroatoms. The normalized spacial score (nSPS) is 14.9. The Labute approximate surface area is 261 Å². The second-order valence-corrected chi connectivity index (χ2v) is 11.0. The Hall–Kier alpha value is -4.11. The number of fused-ring (bicyclic) bond motifs is 1. The number of methoxy groups -OCH3 is 5. The number of anilines is 1. The van der Waals surface area contributed by atoms with E-state index in [1.54, 1.807) is 35.5 Å².